The first kappa shape index (κ1) is 16.1. The van der Waals surface area contributed by atoms with E-state index >= 15 is 0 Å². The lowest BCUT2D eigenvalue weighted by Crippen LogP contribution is -2.40. The van der Waals surface area contributed by atoms with Crippen LogP contribution < -0.4 is 0 Å². The molecule has 2 fully saturated rings. The Kier molecular flexibility index (Phi) is 4.74. The Morgan fingerprint density at radius 1 is 1.05 bits per heavy atom. The molecule has 3 atom stereocenters. The molecule has 0 heterocycles. The van der Waals surface area contributed by atoms with Gasteiger partial charge in [0.1, 0.15) is 5.92 Å². The highest BCUT2D eigenvalue weighted by Gasteiger charge is 2.52. The number of hydrogen-bond acceptors (Lipinski definition) is 2. The van der Waals surface area contributed by atoms with Gasteiger partial charge in [0.15, 0.2) is 0 Å². The van der Waals surface area contributed by atoms with Gasteiger partial charge in [0.05, 0.1) is 0 Å². The minimum absolute atomic E-state index is 0.0182. The van der Waals surface area contributed by atoms with E-state index in [1.165, 1.54) is 0 Å². The van der Waals surface area contributed by atoms with Crippen LogP contribution in [0.25, 0.3) is 4.85 Å². The van der Waals surface area contributed by atoms with E-state index in [1.54, 1.807) is 0 Å². The van der Waals surface area contributed by atoms with E-state index in [1.807, 2.05) is 0 Å². The normalized spacial score (nSPS) is 37.7. The van der Waals surface area contributed by atoms with Crippen molar-refractivity contribution in [3.05, 3.63) is 21.5 Å². The van der Waals surface area contributed by atoms with Gasteiger partial charge in [-0.25, -0.2) is 6.57 Å². The lowest BCUT2D eigenvalue weighted by atomic mass is 9.68. The highest BCUT2D eigenvalue weighted by atomic mass is 19.4. The van der Waals surface area contributed by atoms with Crippen molar-refractivity contribution in [1.82, 2.24) is 0 Å². The molecule has 21 heavy (non-hydrogen) atoms. The third kappa shape index (κ3) is 3.66. The van der Waals surface area contributed by atoms with Gasteiger partial charge in [-0.3, -0.25) is 10.1 Å². The van der Waals surface area contributed by atoms with Crippen molar-refractivity contribution in [2.45, 2.75) is 63.2 Å². The van der Waals surface area contributed by atoms with Gasteiger partial charge in [-0.2, -0.15) is 13.2 Å². The molecule has 7 heteroatoms. The fourth-order valence-corrected chi connectivity index (χ4v) is 3.91. The molecular weight excluding hydrogens is 285 g/mol. The van der Waals surface area contributed by atoms with Crippen molar-refractivity contribution >= 4 is 0 Å². The average molecular weight is 304 g/mol. The molecular formula is C14H19F3N2O2. The summed E-state index contributed by atoms with van der Waals surface area (Å²) in [5.74, 6) is -1.41. The molecule has 3 unspecified atom stereocenters. The maximum atomic E-state index is 13.1. The minimum Gasteiger partial charge on any atom is -0.313 e. The first-order valence-corrected chi connectivity index (χ1v) is 7.39. The molecule has 0 aromatic carbocycles. The van der Waals surface area contributed by atoms with E-state index < -0.39 is 24.2 Å². The summed E-state index contributed by atoms with van der Waals surface area (Å²) in [6, 6.07) is -1.48. The van der Waals surface area contributed by atoms with Crippen LogP contribution in [0.4, 0.5) is 13.2 Å². The maximum Gasteiger partial charge on any atom is 0.399 e. The third-order valence-corrected chi connectivity index (χ3v) is 5.15. The summed E-state index contributed by atoms with van der Waals surface area (Å²) in [6.07, 6.45) is -1.13. The number of nitro groups is 1. The van der Waals surface area contributed by atoms with Gasteiger partial charge in [0.25, 0.3) is 0 Å². The second-order valence-electron chi connectivity index (χ2n) is 6.27. The second-order valence-corrected chi connectivity index (χ2v) is 6.27. The van der Waals surface area contributed by atoms with Gasteiger partial charge in [0, 0.05) is 24.2 Å². The van der Waals surface area contributed by atoms with Crippen molar-refractivity contribution in [3.8, 4) is 0 Å². The molecule has 0 bridgehead atoms. The Morgan fingerprint density at radius 2 is 1.62 bits per heavy atom. The Balaban J connectivity index is 1.97. The molecule has 0 aromatic rings. The molecule has 0 aromatic heterocycles. The topological polar surface area (TPSA) is 47.5 Å². The number of halogens is 3. The van der Waals surface area contributed by atoms with Gasteiger partial charge in [-0.1, -0.05) is 0 Å². The Morgan fingerprint density at radius 3 is 2.10 bits per heavy atom. The van der Waals surface area contributed by atoms with Crippen LogP contribution in [0.2, 0.25) is 0 Å². The van der Waals surface area contributed by atoms with Gasteiger partial charge in [-0.15, -0.1) is 0 Å². The van der Waals surface area contributed by atoms with Crippen LogP contribution in [0.5, 0.6) is 0 Å². The number of alkyl halides is 3. The standard InChI is InChI=1S/C14H19F3N2O2/c1-18-13-7-4-10(8-12(13)14(15,16)17)9-2-5-11(6-3-9)19(20)21/h9-13H,2-8H2. The van der Waals surface area contributed by atoms with Crippen molar-refractivity contribution in [2.75, 3.05) is 0 Å². The molecule has 2 saturated carbocycles. The van der Waals surface area contributed by atoms with E-state index in [9.17, 15) is 23.3 Å². The molecule has 118 valence electrons. The SMILES string of the molecule is [C-]#[N+]C1CCC(C2CCC([N+](=O)[O-])CC2)CC1C(F)(F)F. The van der Waals surface area contributed by atoms with Gasteiger partial charge >= 0.3 is 6.18 Å². The molecule has 0 radical (unpaired) electrons. The third-order valence-electron chi connectivity index (χ3n) is 5.15. The monoisotopic (exact) mass is 304 g/mol. The van der Waals surface area contributed by atoms with Crippen molar-refractivity contribution in [2.24, 2.45) is 17.8 Å². The Labute approximate surface area is 121 Å². The summed E-state index contributed by atoms with van der Waals surface area (Å²) >= 11 is 0. The van der Waals surface area contributed by atoms with Gasteiger partial charge in [0.2, 0.25) is 12.1 Å². The molecule has 0 aliphatic heterocycles. The van der Waals surface area contributed by atoms with Gasteiger partial charge in [-0.05, 0) is 37.5 Å². The van der Waals surface area contributed by atoms with Crippen LogP contribution in [0.3, 0.4) is 0 Å². The zero-order chi connectivity index (χ0) is 15.6. The maximum absolute atomic E-state index is 13.1. The second kappa shape index (κ2) is 6.20. The fourth-order valence-electron chi connectivity index (χ4n) is 3.91. The average Bonchev–Trinajstić information content (AvgIpc) is 2.45. The minimum atomic E-state index is -4.31. The summed E-state index contributed by atoms with van der Waals surface area (Å²) in [6.45, 7) is 6.94. The van der Waals surface area contributed by atoms with Crippen LogP contribution in [0.1, 0.15) is 44.9 Å². The van der Waals surface area contributed by atoms with Crippen LogP contribution in [-0.4, -0.2) is 23.2 Å². The largest absolute Gasteiger partial charge is 0.399 e. The summed E-state index contributed by atoms with van der Waals surface area (Å²) in [5, 5.41) is 10.7. The number of nitrogens with zero attached hydrogens (tertiary/aromatic N) is 2. The summed E-state index contributed by atoms with van der Waals surface area (Å²) in [7, 11) is 0. The first-order chi connectivity index (χ1) is 9.82. The van der Waals surface area contributed by atoms with Crippen molar-refractivity contribution in [1.29, 1.82) is 0 Å². The molecule has 0 spiro atoms. The zero-order valence-electron chi connectivity index (χ0n) is 11.7. The summed E-state index contributed by atoms with van der Waals surface area (Å²) in [4.78, 5) is 13.6. The number of hydrogen-bond donors (Lipinski definition) is 0. The highest BCUT2D eigenvalue weighted by Crippen LogP contribution is 2.46. The first-order valence-electron chi connectivity index (χ1n) is 7.39. The smallest absolute Gasteiger partial charge is 0.313 e. The van der Waals surface area contributed by atoms with Crippen molar-refractivity contribution < 1.29 is 18.1 Å². The predicted octanol–water partition coefficient (Wildman–Crippen LogP) is 4.09. The molecule has 2 aliphatic carbocycles. The molecule has 0 saturated heterocycles. The molecule has 2 aliphatic rings. The molecule has 0 N–H and O–H groups in total. The number of rotatable bonds is 2. The van der Waals surface area contributed by atoms with E-state index in [-0.39, 0.29) is 23.2 Å². The summed E-state index contributed by atoms with van der Waals surface area (Å²) in [5.41, 5.74) is 0. The predicted molar refractivity (Wildman–Crippen MR) is 70.0 cm³/mol. The lowest BCUT2D eigenvalue weighted by Gasteiger charge is -2.37. The van der Waals surface area contributed by atoms with E-state index in [2.05, 4.69) is 4.85 Å². The molecule has 2 rings (SSSR count). The van der Waals surface area contributed by atoms with E-state index in [4.69, 9.17) is 6.57 Å². The Hall–Kier alpha value is -1.32. The summed E-state index contributed by atoms with van der Waals surface area (Å²) < 4.78 is 39.2. The Bertz CT molecular complexity index is 425. The van der Waals surface area contributed by atoms with Crippen LogP contribution in [0, 0.1) is 34.4 Å². The lowest BCUT2D eigenvalue weighted by molar-refractivity contribution is -0.527. The fraction of sp³-hybridized carbons (Fsp3) is 0.929. The zero-order valence-corrected chi connectivity index (χ0v) is 11.7. The van der Waals surface area contributed by atoms with Crippen LogP contribution in [-0.2, 0) is 0 Å². The van der Waals surface area contributed by atoms with E-state index in [0.717, 1.165) is 0 Å². The molecule has 4 nitrogen and oxygen atoms in total. The highest BCUT2D eigenvalue weighted by molar-refractivity contribution is 4.96. The van der Waals surface area contributed by atoms with Crippen LogP contribution in [0.15, 0.2) is 0 Å². The quantitative estimate of drug-likeness (QED) is 0.438. The van der Waals surface area contributed by atoms with E-state index in [0.29, 0.717) is 38.5 Å². The van der Waals surface area contributed by atoms with Gasteiger partial charge < -0.3 is 4.85 Å². The molecule has 0 amide bonds. The van der Waals surface area contributed by atoms with Crippen molar-refractivity contribution in [3.63, 3.8) is 0 Å². The van der Waals surface area contributed by atoms with Crippen LogP contribution >= 0.6 is 0 Å².